The Balaban J connectivity index is 1.62. The van der Waals surface area contributed by atoms with Crippen molar-refractivity contribution in [2.75, 3.05) is 17.7 Å². The Morgan fingerprint density at radius 2 is 1.68 bits per heavy atom. The maximum Gasteiger partial charge on any atom is 0.328 e. The SMILES string of the molecule is COC(=O)C(NC(=O)c1cc(-c2ccc(NC(=O)Nc3ccc(F)c(Cl)c3)cc2)no1)C(C)C. The Kier molecular flexibility index (Phi) is 7.85. The molecule has 0 radical (unpaired) electrons. The van der Waals surface area contributed by atoms with Crippen molar-refractivity contribution in [1.82, 2.24) is 10.5 Å². The Morgan fingerprint density at radius 1 is 1.03 bits per heavy atom. The molecule has 0 fully saturated rings. The zero-order valence-corrected chi connectivity index (χ0v) is 19.3. The number of rotatable bonds is 7. The minimum Gasteiger partial charge on any atom is -0.467 e. The fraction of sp³-hybridized carbons (Fsp3) is 0.217. The molecule has 34 heavy (non-hydrogen) atoms. The average Bonchev–Trinajstić information content (AvgIpc) is 3.30. The van der Waals surface area contributed by atoms with Crippen LogP contribution in [0.1, 0.15) is 24.4 Å². The minimum absolute atomic E-state index is 0.0657. The summed E-state index contributed by atoms with van der Waals surface area (Å²) in [5.74, 6) is -1.99. The summed E-state index contributed by atoms with van der Waals surface area (Å²) in [6, 6.07) is 10.5. The third-order valence-electron chi connectivity index (χ3n) is 4.76. The van der Waals surface area contributed by atoms with Crippen molar-refractivity contribution < 1.29 is 28.0 Å². The zero-order chi connectivity index (χ0) is 24.8. The fourth-order valence-corrected chi connectivity index (χ4v) is 3.13. The van der Waals surface area contributed by atoms with E-state index < -0.39 is 29.8 Å². The molecule has 0 aliphatic heterocycles. The number of methoxy groups -OCH3 is 1. The van der Waals surface area contributed by atoms with Crippen molar-refractivity contribution in [3.05, 3.63) is 65.1 Å². The monoisotopic (exact) mass is 488 g/mol. The number of carbonyl (C=O) groups excluding carboxylic acids is 3. The lowest BCUT2D eigenvalue weighted by Crippen LogP contribution is -2.44. The van der Waals surface area contributed by atoms with Crippen LogP contribution >= 0.6 is 11.6 Å². The van der Waals surface area contributed by atoms with Gasteiger partial charge in [-0.1, -0.05) is 42.7 Å². The molecule has 3 rings (SSSR count). The van der Waals surface area contributed by atoms with Gasteiger partial charge in [0, 0.05) is 23.0 Å². The number of nitrogens with zero attached hydrogens (tertiary/aromatic N) is 1. The predicted octanol–water partition coefficient (Wildman–Crippen LogP) is 4.71. The molecule has 3 aromatic rings. The van der Waals surface area contributed by atoms with Gasteiger partial charge in [0.2, 0.25) is 5.76 Å². The Bertz CT molecular complexity index is 1200. The molecular weight excluding hydrogens is 467 g/mol. The molecule has 1 unspecified atom stereocenters. The molecule has 1 heterocycles. The van der Waals surface area contributed by atoms with Crippen molar-refractivity contribution in [2.24, 2.45) is 5.92 Å². The maximum absolute atomic E-state index is 13.2. The van der Waals surface area contributed by atoms with E-state index in [0.29, 0.717) is 22.6 Å². The van der Waals surface area contributed by atoms with E-state index in [9.17, 15) is 18.8 Å². The lowest BCUT2D eigenvalue weighted by Gasteiger charge is -2.18. The number of carbonyl (C=O) groups is 3. The van der Waals surface area contributed by atoms with Gasteiger partial charge in [0.1, 0.15) is 17.6 Å². The maximum atomic E-state index is 13.2. The molecule has 1 aromatic heterocycles. The number of amides is 3. The Morgan fingerprint density at radius 3 is 2.29 bits per heavy atom. The van der Waals surface area contributed by atoms with Crippen molar-refractivity contribution in [3.63, 3.8) is 0 Å². The number of benzene rings is 2. The van der Waals surface area contributed by atoms with Crippen LogP contribution in [-0.4, -0.2) is 36.2 Å². The van der Waals surface area contributed by atoms with E-state index in [1.807, 2.05) is 0 Å². The average molecular weight is 489 g/mol. The summed E-state index contributed by atoms with van der Waals surface area (Å²) in [6.45, 7) is 3.55. The first-order valence-electron chi connectivity index (χ1n) is 10.2. The third kappa shape index (κ3) is 6.10. The van der Waals surface area contributed by atoms with Crippen LogP contribution in [-0.2, 0) is 9.53 Å². The Hall–Kier alpha value is -3.92. The van der Waals surface area contributed by atoms with Crippen molar-refractivity contribution in [2.45, 2.75) is 19.9 Å². The first kappa shape index (κ1) is 24.7. The highest BCUT2D eigenvalue weighted by Gasteiger charge is 2.27. The molecule has 178 valence electrons. The molecule has 3 amide bonds. The summed E-state index contributed by atoms with van der Waals surface area (Å²) in [7, 11) is 1.25. The highest BCUT2D eigenvalue weighted by Crippen LogP contribution is 2.23. The van der Waals surface area contributed by atoms with Crippen molar-refractivity contribution in [1.29, 1.82) is 0 Å². The van der Waals surface area contributed by atoms with Crippen LogP contribution in [0.15, 0.2) is 53.1 Å². The molecule has 0 spiro atoms. The zero-order valence-electron chi connectivity index (χ0n) is 18.5. The van der Waals surface area contributed by atoms with Gasteiger partial charge in [0.15, 0.2) is 0 Å². The van der Waals surface area contributed by atoms with E-state index in [4.69, 9.17) is 20.9 Å². The van der Waals surface area contributed by atoms with Crippen LogP contribution in [0.4, 0.5) is 20.6 Å². The minimum atomic E-state index is -0.825. The van der Waals surface area contributed by atoms with Crippen molar-refractivity contribution >= 4 is 40.9 Å². The summed E-state index contributed by atoms with van der Waals surface area (Å²) in [4.78, 5) is 36.5. The van der Waals surface area contributed by atoms with E-state index in [1.54, 1.807) is 38.1 Å². The molecule has 0 aliphatic carbocycles. The molecule has 2 aromatic carbocycles. The largest absolute Gasteiger partial charge is 0.467 e. The van der Waals surface area contributed by atoms with Gasteiger partial charge in [-0.15, -0.1) is 0 Å². The lowest BCUT2D eigenvalue weighted by molar-refractivity contribution is -0.144. The fourth-order valence-electron chi connectivity index (χ4n) is 2.95. The number of urea groups is 1. The molecule has 0 saturated heterocycles. The summed E-state index contributed by atoms with van der Waals surface area (Å²) < 4.78 is 23.1. The second-order valence-electron chi connectivity index (χ2n) is 7.58. The van der Waals surface area contributed by atoms with Gasteiger partial charge in [0.05, 0.1) is 12.1 Å². The molecule has 9 nitrogen and oxygen atoms in total. The van der Waals surface area contributed by atoms with Gasteiger partial charge in [-0.3, -0.25) is 4.79 Å². The first-order valence-corrected chi connectivity index (χ1v) is 10.5. The molecule has 11 heteroatoms. The number of nitrogens with one attached hydrogen (secondary N) is 3. The van der Waals surface area contributed by atoms with Gasteiger partial charge in [-0.05, 0) is 36.2 Å². The van der Waals surface area contributed by atoms with Gasteiger partial charge < -0.3 is 25.2 Å². The molecular formula is C23H22ClFN4O5. The van der Waals surface area contributed by atoms with E-state index in [-0.39, 0.29) is 16.7 Å². The summed E-state index contributed by atoms with van der Waals surface area (Å²) in [5.41, 5.74) is 1.84. The van der Waals surface area contributed by atoms with Crippen LogP contribution in [0, 0.1) is 11.7 Å². The number of halogens is 2. The van der Waals surface area contributed by atoms with Gasteiger partial charge in [-0.2, -0.15) is 0 Å². The van der Waals surface area contributed by atoms with Crippen molar-refractivity contribution in [3.8, 4) is 11.3 Å². The summed E-state index contributed by atoms with van der Waals surface area (Å²) in [6.07, 6.45) is 0. The quantitative estimate of drug-likeness (QED) is 0.414. The standard InChI is InChI=1S/C23H22ClFN4O5/c1-12(2)20(22(31)33-3)28-21(30)19-11-18(29-34-19)13-4-6-14(7-5-13)26-23(32)27-15-8-9-17(25)16(24)10-15/h4-12,20H,1-3H3,(H,28,30)(H2,26,27,32). The van der Waals surface area contributed by atoms with E-state index in [1.165, 1.54) is 25.3 Å². The number of hydrogen-bond acceptors (Lipinski definition) is 6. The van der Waals surface area contributed by atoms with Crippen LogP contribution in [0.5, 0.6) is 0 Å². The van der Waals surface area contributed by atoms with Crippen LogP contribution in [0.25, 0.3) is 11.3 Å². The van der Waals surface area contributed by atoms with Crippen LogP contribution in [0.3, 0.4) is 0 Å². The summed E-state index contributed by atoms with van der Waals surface area (Å²) in [5, 5.41) is 11.5. The normalized spacial score (nSPS) is 11.6. The topological polar surface area (TPSA) is 123 Å². The Labute approximate surface area is 199 Å². The third-order valence-corrected chi connectivity index (χ3v) is 5.05. The molecule has 0 saturated carbocycles. The molecule has 0 bridgehead atoms. The predicted molar refractivity (Wildman–Crippen MR) is 124 cm³/mol. The molecule has 1 atom stereocenters. The van der Waals surface area contributed by atoms with Crippen LogP contribution in [0.2, 0.25) is 5.02 Å². The number of aromatic nitrogens is 1. The van der Waals surface area contributed by atoms with E-state index in [0.717, 1.165) is 6.07 Å². The van der Waals surface area contributed by atoms with Crippen LogP contribution < -0.4 is 16.0 Å². The lowest BCUT2D eigenvalue weighted by atomic mass is 10.0. The van der Waals surface area contributed by atoms with E-state index in [2.05, 4.69) is 21.1 Å². The van der Waals surface area contributed by atoms with Gasteiger partial charge in [-0.25, -0.2) is 14.0 Å². The highest BCUT2D eigenvalue weighted by atomic mass is 35.5. The van der Waals surface area contributed by atoms with E-state index >= 15 is 0 Å². The number of anilines is 2. The second-order valence-corrected chi connectivity index (χ2v) is 7.99. The number of esters is 1. The molecule has 0 aliphatic rings. The number of hydrogen-bond donors (Lipinski definition) is 3. The smallest absolute Gasteiger partial charge is 0.328 e. The van der Waals surface area contributed by atoms with Gasteiger partial charge in [0.25, 0.3) is 5.91 Å². The molecule has 3 N–H and O–H groups in total. The highest BCUT2D eigenvalue weighted by molar-refractivity contribution is 6.31. The number of ether oxygens (including phenoxy) is 1. The van der Waals surface area contributed by atoms with Gasteiger partial charge >= 0.3 is 12.0 Å². The summed E-state index contributed by atoms with van der Waals surface area (Å²) >= 11 is 5.71. The first-order chi connectivity index (χ1) is 16.2. The second kappa shape index (κ2) is 10.8.